The molecule has 2 amide bonds. The van der Waals surface area contributed by atoms with Crippen molar-refractivity contribution < 1.29 is 18.0 Å². The molecule has 0 saturated heterocycles. The molecule has 4 rings (SSSR count). The van der Waals surface area contributed by atoms with Gasteiger partial charge >= 0.3 is 0 Å². The molecule has 0 heterocycles. The van der Waals surface area contributed by atoms with Crippen LogP contribution in [-0.4, -0.2) is 44.3 Å². The van der Waals surface area contributed by atoms with Crippen molar-refractivity contribution in [2.24, 2.45) is 0 Å². The number of halogens is 1. The molecule has 0 radical (unpaired) electrons. The molecule has 0 fully saturated rings. The van der Waals surface area contributed by atoms with Crippen LogP contribution in [0.1, 0.15) is 36.5 Å². The van der Waals surface area contributed by atoms with E-state index in [0.29, 0.717) is 11.6 Å². The summed E-state index contributed by atoms with van der Waals surface area (Å²) in [6.07, 6.45) is 1.97. The average Bonchev–Trinajstić information content (AvgIpc) is 3.03. The van der Waals surface area contributed by atoms with Crippen LogP contribution in [0.2, 0.25) is 5.02 Å². The molecule has 0 aliphatic rings. The zero-order chi connectivity index (χ0) is 31.5. The third kappa shape index (κ3) is 8.49. The van der Waals surface area contributed by atoms with E-state index in [4.69, 9.17) is 11.6 Å². The Morgan fingerprint density at radius 1 is 0.864 bits per heavy atom. The second-order valence-corrected chi connectivity index (χ2v) is 12.9. The normalized spacial score (nSPS) is 11.9. The number of aryl methyl sites for hydroxylation is 1. The molecule has 0 bridgehead atoms. The predicted octanol–water partition coefficient (Wildman–Crippen LogP) is 6.40. The lowest BCUT2D eigenvalue weighted by Gasteiger charge is -2.34. The fraction of sp³-hybridized carbons (Fsp3) is 0.257. The number of sulfonamides is 1. The first-order valence-electron chi connectivity index (χ1n) is 14.7. The van der Waals surface area contributed by atoms with Crippen molar-refractivity contribution in [1.82, 2.24) is 10.2 Å². The van der Waals surface area contributed by atoms with Crippen molar-refractivity contribution in [3.05, 3.63) is 131 Å². The first-order valence-corrected chi connectivity index (χ1v) is 16.5. The molecule has 1 unspecified atom stereocenters. The van der Waals surface area contributed by atoms with Crippen LogP contribution < -0.4 is 9.62 Å². The first kappa shape index (κ1) is 32.8. The standard InChI is InChI=1S/C35H38ClN3O4S/c1-3-4-22-37-35(41)33(23-28-15-7-5-8-16-28)38(25-29-17-12-11-14-27(29)2)34(40)26-39(31-19-13-18-30(36)24-31)44(42,43)32-20-9-6-10-21-32/h5-21,24,33H,3-4,22-23,25-26H2,1-2H3,(H,37,41). The number of carbonyl (C=O) groups is 2. The van der Waals surface area contributed by atoms with Crippen LogP contribution in [0.25, 0.3) is 0 Å². The largest absolute Gasteiger partial charge is 0.354 e. The van der Waals surface area contributed by atoms with Gasteiger partial charge in [-0.15, -0.1) is 0 Å². The lowest BCUT2D eigenvalue weighted by molar-refractivity contribution is -0.140. The van der Waals surface area contributed by atoms with Crippen LogP contribution in [0, 0.1) is 6.92 Å². The minimum Gasteiger partial charge on any atom is -0.354 e. The topological polar surface area (TPSA) is 86.8 Å². The van der Waals surface area contributed by atoms with Crippen molar-refractivity contribution in [3.63, 3.8) is 0 Å². The number of benzene rings is 4. The van der Waals surface area contributed by atoms with Gasteiger partial charge in [-0.1, -0.05) is 104 Å². The molecule has 1 N–H and O–H groups in total. The lowest BCUT2D eigenvalue weighted by Crippen LogP contribution is -2.53. The van der Waals surface area contributed by atoms with Gasteiger partial charge in [0.15, 0.2) is 0 Å². The third-order valence-electron chi connectivity index (χ3n) is 7.41. The van der Waals surface area contributed by atoms with Gasteiger partial charge in [0.1, 0.15) is 12.6 Å². The smallest absolute Gasteiger partial charge is 0.264 e. The Labute approximate surface area is 265 Å². The Morgan fingerprint density at radius 3 is 2.18 bits per heavy atom. The van der Waals surface area contributed by atoms with Crippen LogP contribution in [-0.2, 0) is 32.6 Å². The molecule has 7 nitrogen and oxygen atoms in total. The van der Waals surface area contributed by atoms with Gasteiger partial charge < -0.3 is 10.2 Å². The summed E-state index contributed by atoms with van der Waals surface area (Å²) in [6, 6.07) is 30.6. The van der Waals surface area contributed by atoms with Crippen molar-refractivity contribution >= 4 is 39.1 Å². The number of hydrogen-bond acceptors (Lipinski definition) is 4. The highest BCUT2D eigenvalue weighted by Gasteiger charge is 2.34. The molecule has 1 atom stereocenters. The molecule has 0 spiro atoms. The maximum Gasteiger partial charge on any atom is 0.264 e. The van der Waals surface area contributed by atoms with Crippen LogP contribution in [0.3, 0.4) is 0 Å². The fourth-order valence-corrected chi connectivity index (χ4v) is 6.52. The Morgan fingerprint density at radius 2 is 1.52 bits per heavy atom. The van der Waals surface area contributed by atoms with Gasteiger partial charge in [0.2, 0.25) is 11.8 Å². The second kappa shape index (κ2) is 15.5. The highest BCUT2D eigenvalue weighted by Crippen LogP contribution is 2.27. The van der Waals surface area contributed by atoms with E-state index in [1.807, 2.05) is 68.4 Å². The van der Waals surface area contributed by atoms with Gasteiger partial charge in [-0.2, -0.15) is 0 Å². The van der Waals surface area contributed by atoms with Crippen LogP contribution in [0.15, 0.2) is 114 Å². The SMILES string of the molecule is CCCCNC(=O)C(Cc1ccccc1)N(Cc1ccccc1C)C(=O)CN(c1cccc(Cl)c1)S(=O)(=O)c1ccccc1. The van der Waals surface area contributed by atoms with E-state index in [1.54, 1.807) is 36.4 Å². The minimum atomic E-state index is -4.18. The summed E-state index contributed by atoms with van der Waals surface area (Å²) in [6.45, 7) is 4.06. The van der Waals surface area contributed by atoms with E-state index in [9.17, 15) is 18.0 Å². The molecular weight excluding hydrogens is 594 g/mol. The molecule has 230 valence electrons. The highest BCUT2D eigenvalue weighted by molar-refractivity contribution is 7.92. The van der Waals surface area contributed by atoms with Crippen LogP contribution in [0.4, 0.5) is 5.69 Å². The average molecular weight is 632 g/mol. The quantitative estimate of drug-likeness (QED) is 0.163. The number of carbonyl (C=O) groups excluding carboxylic acids is 2. The number of unbranched alkanes of at least 4 members (excludes halogenated alkanes) is 1. The maximum atomic E-state index is 14.5. The Kier molecular flexibility index (Phi) is 11.6. The van der Waals surface area contributed by atoms with E-state index in [-0.39, 0.29) is 29.5 Å². The van der Waals surface area contributed by atoms with E-state index in [2.05, 4.69) is 5.32 Å². The Balaban J connectivity index is 1.79. The van der Waals surface area contributed by atoms with Gasteiger partial charge in [-0.25, -0.2) is 8.42 Å². The van der Waals surface area contributed by atoms with E-state index in [0.717, 1.165) is 33.8 Å². The van der Waals surface area contributed by atoms with Crippen LogP contribution in [0.5, 0.6) is 0 Å². The Hall–Kier alpha value is -4.14. The number of nitrogens with one attached hydrogen (secondary N) is 1. The summed E-state index contributed by atoms with van der Waals surface area (Å²) in [7, 11) is -4.18. The number of anilines is 1. The summed E-state index contributed by atoms with van der Waals surface area (Å²) in [5.74, 6) is -0.802. The maximum absolute atomic E-state index is 14.5. The summed E-state index contributed by atoms with van der Waals surface area (Å²) >= 11 is 6.28. The molecule has 0 aliphatic heterocycles. The lowest BCUT2D eigenvalue weighted by atomic mass is 10.0. The summed E-state index contributed by atoms with van der Waals surface area (Å²) in [5, 5.41) is 3.34. The molecule has 0 aliphatic carbocycles. The van der Waals surface area contributed by atoms with Crippen molar-refractivity contribution in [2.45, 2.75) is 50.6 Å². The monoisotopic (exact) mass is 631 g/mol. The van der Waals surface area contributed by atoms with Crippen molar-refractivity contribution in [2.75, 3.05) is 17.4 Å². The summed E-state index contributed by atoms with van der Waals surface area (Å²) in [5.41, 5.74) is 2.95. The van der Waals surface area contributed by atoms with Crippen molar-refractivity contribution in [3.8, 4) is 0 Å². The zero-order valence-electron chi connectivity index (χ0n) is 25.0. The summed E-state index contributed by atoms with van der Waals surface area (Å²) < 4.78 is 29.1. The van der Waals surface area contributed by atoms with Gasteiger partial charge in [0.25, 0.3) is 10.0 Å². The van der Waals surface area contributed by atoms with Gasteiger partial charge in [0, 0.05) is 24.5 Å². The molecule has 0 aromatic heterocycles. The first-order chi connectivity index (χ1) is 21.2. The zero-order valence-corrected chi connectivity index (χ0v) is 26.6. The van der Waals surface area contributed by atoms with Crippen molar-refractivity contribution in [1.29, 1.82) is 0 Å². The second-order valence-electron chi connectivity index (χ2n) is 10.6. The van der Waals surface area contributed by atoms with Gasteiger partial charge in [0.05, 0.1) is 10.6 Å². The minimum absolute atomic E-state index is 0.0383. The molecule has 4 aromatic rings. The molecule has 44 heavy (non-hydrogen) atoms. The highest BCUT2D eigenvalue weighted by atomic mass is 35.5. The fourth-order valence-electron chi connectivity index (χ4n) is 4.91. The molecular formula is C35H38ClN3O4S. The number of amides is 2. The molecule has 4 aromatic carbocycles. The molecule has 0 saturated carbocycles. The van der Waals surface area contributed by atoms with Gasteiger partial charge in [-0.3, -0.25) is 13.9 Å². The summed E-state index contributed by atoms with van der Waals surface area (Å²) in [4.78, 5) is 29.8. The number of rotatable bonds is 14. The number of hydrogen-bond donors (Lipinski definition) is 1. The van der Waals surface area contributed by atoms with E-state index in [1.165, 1.54) is 23.1 Å². The number of nitrogens with zero attached hydrogens (tertiary/aromatic N) is 2. The predicted molar refractivity (Wildman–Crippen MR) is 176 cm³/mol. The molecule has 9 heteroatoms. The van der Waals surface area contributed by atoms with E-state index < -0.39 is 28.5 Å². The Bertz CT molecular complexity index is 1650. The van der Waals surface area contributed by atoms with Gasteiger partial charge in [-0.05, 0) is 60.4 Å². The third-order valence-corrected chi connectivity index (χ3v) is 9.43. The van der Waals surface area contributed by atoms with E-state index >= 15 is 0 Å². The van der Waals surface area contributed by atoms with Crippen LogP contribution >= 0.6 is 11.6 Å².